The van der Waals surface area contributed by atoms with Gasteiger partial charge >= 0.3 is 0 Å². The Bertz CT molecular complexity index is 903. The van der Waals surface area contributed by atoms with E-state index in [1.165, 1.54) is 16.8 Å². The fourth-order valence-electron chi connectivity index (χ4n) is 2.25. The van der Waals surface area contributed by atoms with Crippen molar-refractivity contribution in [1.82, 2.24) is 20.2 Å². The van der Waals surface area contributed by atoms with Gasteiger partial charge in [-0.2, -0.15) is 4.68 Å². The van der Waals surface area contributed by atoms with Gasteiger partial charge in [-0.3, -0.25) is 10.1 Å². The van der Waals surface area contributed by atoms with Crippen molar-refractivity contribution >= 4 is 11.4 Å². The Hall–Kier alpha value is -3.29. The maximum absolute atomic E-state index is 11.0. The first-order valence-corrected chi connectivity index (χ1v) is 6.87. The summed E-state index contributed by atoms with van der Waals surface area (Å²) in [5.74, 6) is 0.472. The Morgan fingerprint density at radius 3 is 2.57 bits per heavy atom. The number of aromatic nitrogens is 4. The van der Waals surface area contributed by atoms with Crippen molar-refractivity contribution in [3.05, 3.63) is 57.6 Å². The third-order valence-corrected chi connectivity index (χ3v) is 3.64. The number of benzene rings is 2. The highest BCUT2D eigenvalue weighted by Gasteiger charge is 2.16. The minimum atomic E-state index is -0.448. The molecule has 0 radical (unpaired) electrons. The average molecular weight is 310 g/mol. The van der Waals surface area contributed by atoms with Gasteiger partial charge < -0.3 is 5.73 Å². The lowest BCUT2D eigenvalue weighted by molar-refractivity contribution is -0.384. The van der Waals surface area contributed by atoms with Crippen LogP contribution in [0.5, 0.6) is 0 Å². The number of tetrazole rings is 1. The van der Waals surface area contributed by atoms with Crippen molar-refractivity contribution in [2.75, 3.05) is 5.73 Å². The lowest BCUT2D eigenvalue weighted by Gasteiger charge is -2.09. The summed E-state index contributed by atoms with van der Waals surface area (Å²) in [6, 6.07) is 10.1. The number of rotatable bonds is 3. The minimum Gasteiger partial charge on any atom is -0.398 e. The van der Waals surface area contributed by atoms with Crippen molar-refractivity contribution in [2.24, 2.45) is 0 Å². The van der Waals surface area contributed by atoms with Gasteiger partial charge in [0.05, 0.1) is 10.6 Å². The highest BCUT2D eigenvalue weighted by atomic mass is 16.6. The standard InChI is InChI=1S/C15H14N6O2/c1-9-3-5-11(7-13(9)16)15-17-18-19-20(15)14-8-12(21(22)23)6-4-10(14)2/h3-8H,16H2,1-2H3. The van der Waals surface area contributed by atoms with Crippen molar-refractivity contribution in [3.63, 3.8) is 0 Å². The predicted octanol–water partition coefficient (Wildman–Crippen LogP) is 2.44. The Morgan fingerprint density at radius 1 is 1.13 bits per heavy atom. The first-order chi connectivity index (χ1) is 11.0. The fourth-order valence-corrected chi connectivity index (χ4v) is 2.25. The lowest BCUT2D eigenvalue weighted by Crippen LogP contribution is -2.03. The molecule has 0 aliphatic carbocycles. The number of hydrogen-bond donors (Lipinski definition) is 1. The van der Waals surface area contributed by atoms with E-state index in [2.05, 4.69) is 15.5 Å². The summed E-state index contributed by atoms with van der Waals surface area (Å²) in [4.78, 5) is 10.6. The van der Waals surface area contributed by atoms with Gasteiger partial charge in [0.1, 0.15) is 0 Å². The van der Waals surface area contributed by atoms with Crippen LogP contribution in [0.15, 0.2) is 36.4 Å². The average Bonchev–Trinajstić information content (AvgIpc) is 2.99. The molecule has 0 saturated heterocycles. The molecule has 116 valence electrons. The zero-order valence-corrected chi connectivity index (χ0v) is 12.6. The van der Waals surface area contributed by atoms with Crippen LogP contribution in [0.1, 0.15) is 11.1 Å². The Kier molecular flexibility index (Phi) is 3.49. The zero-order chi connectivity index (χ0) is 16.6. The molecule has 8 nitrogen and oxygen atoms in total. The summed E-state index contributed by atoms with van der Waals surface area (Å²) in [5, 5.41) is 22.7. The topological polar surface area (TPSA) is 113 Å². The molecule has 23 heavy (non-hydrogen) atoms. The molecule has 3 rings (SSSR count). The smallest absolute Gasteiger partial charge is 0.271 e. The van der Waals surface area contributed by atoms with Gasteiger partial charge in [0.15, 0.2) is 5.82 Å². The zero-order valence-electron chi connectivity index (χ0n) is 12.6. The number of nitrogens with zero attached hydrogens (tertiary/aromatic N) is 5. The molecule has 2 N–H and O–H groups in total. The number of anilines is 1. The minimum absolute atomic E-state index is 0.0181. The Labute approximate surface area is 131 Å². The molecule has 0 amide bonds. The summed E-state index contributed by atoms with van der Waals surface area (Å²) < 4.78 is 1.48. The van der Waals surface area contributed by atoms with Crippen molar-refractivity contribution in [3.8, 4) is 17.1 Å². The lowest BCUT2D eigenvalue weighted by atomic mass is 10.1. The number of aryl methyl sites for hydroxylation is 2. The van der Waals surface area contributed by atoms with E-state index in [4.69, 9.17) is 5.73 Å². The SMILES string of the molecule is Cc1ccc(-c2nnnn2-c2cc([N+](=O)[O-])ccc2C)cc1N. The van der Waals surface area contributed by atoms with Crippen LogP contribution in [0, 0.1) is 24.0 Å². The predicted molar refractivity (Wildman–Crippen MR) is 85.1 cm³/mol. The molecular weight excluding hydrogens is 296 g/mol. The Balaban J connectivity index is 2.16. The van der Waals surface area contributed by atoms with E-state index in [0.717, 1.165) is 16.7 Å². The molecule has 0 spiro atoms. The molecule has 0 unspecified atom stereocenters. The van der Waals surface area contributed by atoms with Gasteiger partial charge in [-0.05, 0) is 41.5 Å². The van der Waals surface area contributed by atoms with Crippen LogP contribution in [-0.2, 0) is 0 Å². The van der Waals surface area contributed by atoms with Gasteiger partial charge in [-0.25, -0.2) is 0 Å². The molecule has 2 aromatic carbocycles. The van der Waals surface area contributed by atoms with Crippen molar-refractivity contribution < 1.29 is 4.92 Å². The highest BCUT2D eigenvalue weighted by Crippen LogP contribution is 2.26. The molecule has 0 atom stereocenters. The van der Waals surface area contributed by atoms with Gasteiger partial charge in [-0.1, -0.05) is 18.2 Å². The van der Waals surface area contributed by atoms with E-state index in [-0.39, 0.29) is 5.69 Å². The first-order valence-electron chi connectivity index (χ1n) is 6.87. The second kappa shape index (κ2) is 5.48. The monoisotopic (exact) mass is 310 g/mol. The van der Waals surface area contributed by atoms with E-state index in [9.17, 15) is 10.1 Å². The second-order valence-corrected chi connectivity index (χ2v) is 5.21. The fraction of sp³-hybridized carbons (Fsp3) is 0.133. The first kappa shape index (κ1) is 14.6. The van der Waals surface area contributed by atoms with Crippen LogP contribution in [-0.4, -0.2) is 25.1 Å². The normalized spacial score (nSPS) is 10.7. The van der Waals surface area contributed by atoms with Gasteiger partial charge in [0.2, 0.25) is 0 Å². The Morgan fingerprint density at radius 2 is 1.87 bits per heavy atom. The van der Waals surface area contributed by atoms with E-state index in [1.807, 2.05) is 26.0 Å². The van der Waals surface area contributed by atoms with E-state index in [1.54, 1.807) is 12.1 Å². The molecule has 0 fully saturated rings. The van der Waals surface area contributed by atoms with Crippen LogP contribution >= 0.6 is 0 Å². The van der Waals surface area contributed by atoms with E-state index in [0.29, 0.717) is 17.2 Å². The van der Waals surface area contributed by atoms with Crippen LogP contribution in [0.4, 0.5) is 11.4 Å². The summed E-state index contributed by atoms with van der Waals surface area (Å²) in [6.07, 6.45) is 0. The number of hydrogen-bond acceptors (Lipinski definition) is 6. The molecule has 3 aromatic rings. The quantitative estimate of drug-likeness (QED) is 0.451. The van der Waals surface area contributed by atoms with Crippen LogP contribution in [0.25, 0.3) is 17.1 Å². The van der Waals surface area contributed by atoms with E-state index >= 15 is 0 Å². The maximum atomic E-state index is 11.0. The van der Waals surface area contributed by atoms with Crippen LogP contribution < -0.4 is 5.73 Å². The molecule has 1 heterocycles. The van der Waals surface area contributed by atoms with Gasteiger partial charge in [0.25, 0.3) is 5.69 Å². The molecule has 0 aliphatic heterocycles. The number of nitrogen functional groups attached to an aromatic ring is 1. The largest absolute Gasteiger partial charge is 0.398 e. The highest BCUT2D eigenvalue weighted by molar-refractivity contribution is 5.65. The van der Waals surface area contributed by atoms with Crippen molar-refractivity contribution in [1.29, 1.82) is 0 Å². The summed E-state index contributed by atoms with van der Waals surface area (Å²) >= 11 is 0. The third-order valence-electron chi connectivity index (χ3n) is 3.64. The molecule has 0 saturated carbocycles. The molecule has 1 aromatic heterocycles. The number of nitro benzene ring substituents is 1. The number of non-ortho nitro benzene ring substituents is 1. The van der Waals surface area contributed by atoms with Crippen molar-refractivity contribution in [2.45, 2.75) is 13.8 Å². The van der Waals surface area contributed by atoms with Gasteiger partial charge in [0, 0.05) is 23.4 Å². The summed E-state index contributed by atoms with van der Waals surface area (Å²) in [5.41, 5.74) is 9.63. The van der Waals surface area contributed by atoms with E-state index < -0.39 is 4.92 Å². The molecule has 8 heteroatoms. The summed E-state index contributed by atoms with van der Waals surface area (Å²) in [7, 11) is 0. The van der Waals surface area contributed by atoms with Gasteiger partial charge in [-0.15, -0.1) is 5.10 Å². The molecule has 0 bridgehead atoms. The number of nitrogens with two attached hydrogens (primary N) is 1. The number of nitro groups is 1. The molecular formula is C15H14N6O2. The molecule has 0 aliphatic rings. The van der Waals surface area contributed by atoms with Crippen LogP contribution in [0.2, 0.25) is 0 Å². The third kappa shape index (κ3) is 2.61. The maximum Gasteiger partial charge on any atom is 0.271 e. The summed E-state index contributed by atoms with van der Waals surface area (Å²) in [6.45, 7) is 3.75. The van der Waals surface area contributed by atoms with Crippen LogP contribution in [0.3, 0.4) is 0 Å². The second-order valence-electron chi connectivity index (χ2n) is 5.21.